The molecule has 0 fully saturated rings. The number of hydrogen-bond acceptors (Lipinski definition) is 4. The molecule has 124 valence electrons. The van der Waals surface area contributed by atoms with Crippen molar-refractivity contribution in [2.75, 3.05) is 6.16 Å². The van der Waals surface area contributed by atoms with Crippen LogP contribution in [0, 0.1) is 13.8 Å². The van der Waals surface area contributed by atoms with Gasteiger partial charge in [-0.3, -0.25) is 0 Å². The topological polar surface area (TPSA) is 69.9 Å². The average molecular weight is 334 g/mol. The lowest BCUT2D eigenvalue weighted by Crippen LogP contribution is -1.98. The molecule has 0 aliphatic carbocycles. The van der Waals surface area contributed by atoms with Gasteiger partial charge in [-0.1, -0.05) is 19.1 Å². The molecule has 23 heavy (non-hydrogen) atoms. The number of benzene rings is 2. The third-order valence-electron chi connectivity index (χ3n) is 3.78. The van der Waals surface area contributed by atoms with E-state index in [0.717, 1.165) is 34.4 Å². The maximum absolute atomic E-state index is 9.61. The van der Waals surface area contributed by atoms with Crippen LogP contribution < -0.4 is 4.74 Å². The summed E-state index contributed by atoms with van der Waals surface area (Å²) in [4.78, 5) is 18.2. The van der Waals surface area contributed by atoms with Gasteiger partial charge < -0.3 is 19.6 Å². The summed E-state index contributed by atoms with van der Waals surface area (Å²) >= 11 is 0. The minimum absolute atomic E-state index is 0.254. The zero-order valence-electron chi connectivity index (χ0n) is 13.7. The molecule has 0 aromatic heterocycles. The maximum Gasteiger partial charge on any atom is 0.165 e. The lowest BCUT2D eigenvalue weighted by molar-refractivity contribution is 0.457. The Bertz CT molecular complexity index is 683. The first kappa shape index (κ1) is 17.7. The number of rotatable bonds is 6. The van der Waals surface area contributed by atoms with Gasteiger partial charge in [0.25, 0.3) is 0 Å². The zero-order chi connectivity index (χ0) is 17.0. The fraction of sp³-hybridized carbons (Fsp3) is 0.333. The van der Waals surface area contributed by atoms with Crippen LogP contribution in [-0.4, -0.2) is 21.1 Å². The molecule has 3 N–H and O–H groups in total. The molecule has 0 spiro atoms. The highest BCUT2D eigenvalue weighted by Gasteiger charge is 2.11. The number of aromatic hydroxyl groups is 1. The van der Waals surface area contributed by atoms with Crippen molar-refractivity contribution in [3.63, 3.8) is 0 Å². The molecule has 0 saturated carbocycles. The second-order valence-corrected chi connectivity index (χ2v) is 6.84. The Morgan fingerprint density at radius 3 is 2.39 bits per heavy atom. The summed E-state index contributed by atoms with van der Waals surface area (Å²) in [7, 11) is -1.86. The SMILES string of the molecule is CCc1cc(CCP(O)O)cc(C)c1Oc1ccc(O)c(C)c1. The van der Waals surface area contributed by atoms with Gasteiger partial charge in [-0.25, -0.2) is 0 Å². The van der Waals surface area contributed by atoms with E-state index in [-0.39, 0.29) is 5.75 Å². The predicted octanol–water partition coefficient (Wildman–Crippen LogP) is 4.20. The van der Waals surface area contributed by atoms with E-state index < -0.39 is 8.38 Å². The van der Waals surface area contributed by atoms with Crippen molar-refractivity contribution in [3.8, 4) is 17.2 Å². The number of hydrogen-bond donors (Lipinski definition) is 3. The van der Waals surface area contributed by atoms with Crippen LogP contribution in [0.5, 0.6) is 17.2 Å². The molecule has 2 rings (SSSR count). The van der Waals surface area contributed by atoms with E-state index in [1.54, 1.807) is 12.1 Å². The normalized spacial score (nSPS) is 11.0. The van der Waals surface area contributed by atoms with Crippen LogP contribution >= 0.6 is 8.38 Å². The Balaban J connectivity index is 2.28. The molecule has 0 saturated heterocycles. The molecule has 2 aromatic carbocycles. The third kappa shape index (κ3) is 4.68. The largest absolute Gasteiger partial charge is 0.508 e. The molecule has 0 aliphatic rings. The van der Waals surface area contributed by atoms with Gasteiger partial charge in [-0.2, -0.15) is 0 Å². The fourth-order valence-electron chi connectivity index (χ4n) is 2.52. The molecular formula is C18H23O4P. The molecule has 0 aliphatic heterocycles. The van der Waals surface area contributed by atoms with Crippen molar-refractivity contribution in [1.82, 2.24) is 0 Å². The van der Waals surface area contributed by atoms with Gasteiger partial charge in [0, 0.05) is 6.16 Å². The van der Waals surface area contributed by atoms with Gasteiger partial charge in [-0.05, 0) is 67.1 Å². The Labute approximate surface area is 138 Å². The van der Waals surface area contributed by atoms with E-state index >= 15 is 0 Å². The van der Waals surface area contributed by atoms with Gasteiger partial charge in [0.1, 0.15) is 17.2 Å². The summed E-state index contributed by atoms with van der Waals surface area (Å²) in [5.74, 6) is 1.78. The monoisotopic (exact) mass is 334 g/mol. The van der Waals surface area contributed by atoms with E-state index in [1.165, 1.54) is 0 Å². The van der Waals surface area contributed by atoms with E-state index in [0.29, 0.717) is 18.3 Å². The summed E-state index contributed by atoms with van der Waals surface area (Å²) in [6.07, 6.45) is 1.86. The van der Waals surface area contributed by atoms with Crippen LogP contribution in [0.15, 0.2) is 30.3 Å². The smallest absolute Gasteiger partial charge is 0.165 e. The van der Waals surface area contributed by atoms with Gasteiger partial charge in [0.05, 0.1) is 0 Å². The Kier molecular flexibility index (Phi) is 6.00. The van der Waals surface area contributed by atoms with Crippen molar-refractivity contribution in [1.29, 1.82) is 0 Å². The molecule has 0 radical (unpaired) electrons. The number of aryl methyl sites for hydroxylation is 4. The van der Waals surface area contributed by atoms with Crippen LogP contribution in [0.2, 0.25) is 0 Å². The van der Waals surface area contributed by atoms with Crippen LogP contribution in [-0.2, 0) is 12.8 Å². The van der Waals surface area contributed by atoms with E-state index in [2.05, 4.69) is 13.0 Å². The van der Waals surface area contributed by atoms with Crippen molar-refractivity contribution in [3.05, 3.63) is 52.6 Å². The first-order valence-corrected chi connectivity index (χ1v) is 9.09. The van der Waals surface area contributed by atoms with E-state index in [1.807, 2.05) is 26.0 Å². The van der Waals surface area contributed by atoms with Gasteiger partial charge in [0.15, 0.2) is 8.38 Å². The van der Waals surface area contributed by atoms with Crippen molar-refractivity contribution in [2.24, 2.45) is 0 Å². The maximum atomic E-state index is 9.61. The average Bonchev–Trinajstić information content (AvgIpc) is 2.50. The standard InChI is InChI=1S/C18H23O4P/c1-4-15-11-14(7-8-23(20)21)9-13(3)18(15)22-16-5-6-17(19)12(2)10-16/h5-6,9-11,19-21H,4,7-8H2,1-3H3. The quantitative estimate of drug-likeness (QED) is 0.692. The van der Waals surface area contributed by atoms with Crippen molar-refractivity contribution >= 4 is 8.38 Å². The summed E-state index contributed by atoms with van der Waals surface area (Å²) in [6.45, 7) is 5.89. The predicted molar refractivity (Wildman–Crippen MR) is 93.4 cm³/mol. The van der Waals surface area contributed by atoms with Gasteiger partial charge in [-0.15, -0.1) is 0 Å². The van der Waals surface area contributed by atoms with Crippen molar-refractivity contribution < 1.29 is 19.6 Å². The summed E-state index contributed by atoms with van der Waals surface area (Å²) < 4.78 is 6.04. The lowest BCUT2D eigenvalue weighted by Gasteiger charge is -2.16. The number of ether oxygens (including phenoxy) is 1. The minimum Gasteiger partial charge on any atom is -0.508 e. The minimum atomic E-state index is -1.86. The van der Waals surface area contributed by atoms with Gasteiger partial charge >= 0.3 is 0 Å². The first-order chi connectivity index (χ1) is 10.9. The Hall–Kier alpha value is -1.61. The molecule has 5 heteroatoms. The second-order valence-electron chi connectivity index (χ2n) is 5.65. The molecule has 0 bridgehead atoms. The highest BCUT2D eigenvalue weighted by molar-refractivity contribution is 7.45. The van der Waals surface area contributed by atoms with Crippen LogP contribution in [0.25, 0.3) is 0 Å². The highest BCUT2D eigenvalue weighted by Crippen LogP contribution is 2.33. The van der Waals surface area contributed by atoms with Crippen LogP contribution in [0.4, 0.5) is 0 Å². The molecule has 4 nitrogen and oxygen atoms in total. The third-order valence-corrected chi connectivity index (χ3v) is 4.40. The summed E-state index contributed by atoms with van der Waals surface area (Å²) in [5.41, 5.74) is 3.97. The van der Waals surface area contributed by atoms with Crippen molar-refractivity contribution in [2.45, 2.75) is 33.6 Å². The first-order valence-electron chi connectivity index (χ1n) is 7.66. The molecule has 2 aromatic rings. The molecule has 0 heterocycles. The summed E-state index contributed by atoms with van der Waals surface area (Å²) in [6, 6.07) is 9.28. The van der Waals surface area contributed by atoms with E-state index in [4.69, 9.17) is 14.5 Å². The molecule has 0 amide bonds. The summed E-state index contributed by atoms with van der Waals surface area (Å²) in [5, 5.41) is 9.61. The van der Waals surface area contributed by atoms with Gasteiger partial charge in [0.2, 0.25) is 0 Å². The van der Waals surface area contributed by atoms with Crippen LogP contribution in [0.1, 0.15) is 29.2 Å². The molecule has 0 atom stereocenters. The van der Waals surface area contributed by atoms with Crippen LogP contribution in [0.3, 0.4) is 0 Å². The zero-order valence-corrected chi connectivity index (χ0v) is 14.6. The molecule has 0 unspecified atom stereocenters. The van der Waals surface area contributed by atoms with E-state index in [9.17, 15) is 5.11 Å². The fourth-order valence-corrected chi connectivity index (χ4v) is 2.98. The second kappa shape index (κ2) is 7.78. The highest BCUT2D eigenvalue weighted by atomic mass is 31.2. The molecular weight excluding hydrogens is 311 g/mol. The Morgan fingerprint density at radius 2 is 1.78 bits per heavy atom. The number of phenols is 1. The lowest BCUT2D eigenvalue weighted by atomic mass is 10.0. The number of phenolic OH excluding ortho intramolecular Hbond substituents is 1. The Morgan fingerprint density at radius 1 is 1.04 bits per heavy atom.